The molecule has 2 rings (SSSR count). The molecule has 0 saturated carbocycles. The number of aromatic nitrogens is 3. The largest absolute Gasteiger partial charge is 0.416 e. The topological polar surface area (TPSA) is 70.7 Å². The second-order valence-electron chi connectivity index (χ2n) is 4.37. The fourth-order valence-electron chi connectivity index (χ4n) is 1.72. The van der Waals surface area contributed by atoms with Crippen molar-refractivity contribution in [3.05, 3.63) is 47.5 Å². The molecule has 2 aromatic rings. The van der Waals surface area contributed by atoms with E-state index in [1.807, 2.05) is 0 Å². The van der Waals surface area contributed by atoms with E-state index in [0.29, 0.717) is 19.4 Å². The molecule has 0 bridgehead atoms. The number of carbonyl (C=O) groups is 1. The molecule has 1 heterocycles. The second kappa shape index (κ2) is 6.38. The van der Waals surface area contributed by atoms with Crippen molar-refractivity contribution in [1.29, 1.82) is 0 Å². The molecule has 0 aliphatic heterocycles. The predicted octanol–water partition coefficient (Wildman–Crippen LogP) is 2.19. The zero-order chi connectivity index (χ0) is 15.3. The van der Waals surface area contributed by atoms with Crippen molar-refractivity contribution in [2.75, 3.05) is 6.54 Å². The highest BCUT2D eigenvalue weighted by atomic mass is 19.4. The van der Waals surface area contributed by atoms with E-state index in [4.69, 9.17) is 0 Å². The number of amides is 1. The Labute approximate surface area is 118 Å². The van der Waals surface area contributed by atoms with Crippen LogP contribution in [0.5, 0.6) is 0 Å². The number of rotatable bonds is 5. The van der Waals surface area contributed by atoms with Gasteiger partial charge in [0.2, 0.25) is 0 Å². The molecule has 0 fully saturated rings. The summed E-state index contributed by atoms with van der Waals surface area (Å²) >= 11 is 0. The summed E-state index contributed by atoms with van der Waals surface area (Å²) in [6, 6.07) is 4.11. The first kappa shape index (κ1) is 15.0. The van der Waals surface area contributed by atoms with Crippen LogP contribution in [0.4, 0.5) is 13.2 Å². The number of H-pyrrole nitrogens is 1. The Morgan fingerprint density at radius 3 is 2.52 bits per heavy atom. The quantitative estimate of drug-likeness (QED) is 0.831. The van der Waals surface area contributed by atoms with Gasteiger partial charge in [-0.1, -0.05) is 0 Å². The lowest BCUT2D eigenvalue weighted by molar-refractivity contribution is -0.137. The average Bonchev–Trinajstić information content (AvgIpc) is 2.96. The van der Waals surface area contributed by atoms with Crippen molar-refractivity contribution in [2.45, 2.75) is 19.0 Å². The molecule has 1 aromatic carbocycles. The highest BCUT2D eigenvalue weighted by molar-refractivity contribution is 5.94. The number of nitrogens with one attached hydrogen (secondary N) is 2. The number of hydrogen-bond acceptors (Lipinski definition) is 3. The highest BCUT2D eigenvalue weighted by Crippen LogP contribution is 2.28. The van der Waals surface area contributed by atoms with Gasteiger partial charge in [0.15, 0.2) is 0 Å². The van der Waals surface area contributed by atoms with E-state index in [1.165, 1.54) is 6.33 Å². The SMILES string of the molecule is O=C(NCCCc1ncn[nH]1)c1ccc(C(F)(F)F)cc1. The summed E-state index contributed by atoms with van der Waals surface area (Å²) in [7, 11) is 0. The van der Waals surface area contributed by atoms with Gasteiger partial charge in [-0.3, -0.25) is 9.89 Å². The maximum Gasteiger partial charge on any atom is 0.416 e. The van der Waals surface area contributed by atoms with Gasteiger partial charge in [0.05, 0.1) is 5.56 Å². The monoisotopic (exact) mass is 298 g/mol. The standard InChI is InChI=1S/C13H13F3N4O/c14-13(15,16)10-5-3-9(4-6-10)12(21)17-7-1-2-11-18-8-19-20-11/h3-6,8H,1-2,7H2,(H,17,21)(H,18,19,20). The molecule has 0 saturated heterocycles. The molecule has 0 aliphatic carbocycles. The van der Waals surface area contributed by atoms with Gasteiger partial charge in [-0.05, 0) is 30.7 Å². The molecule has 0 unspecified atom stereocenters. The number of halogens is 3. The van der Waals surface area contributed by atoms with Gasteiger partial charge in [0, 0.05) is 18.5 Å². The lowest BCUT2D eigenvalue weighted by atomic mass is 10.1. The highest BCUT2D eigenvalue weighted by Gasteiger charge is 2.30. The minimum absolute atomic E-state index is 0.197. The van der Waals surface area contributed by atoms with E-state index in [9.17, 15) is 18.0 Å². The Kier molecular flexibility index (Phi) is 4.56. The average molecular weight is 298 g/mol. The second-order valence-corrected chi connectivity index (χ2v) is 4.37. The fraction of sp³-hybridized carbons (Fsp3) is 0.308. The van der Waals surface area contributed by atoms with E-state index in [0.717, 1.165) is 30.1 Å². The van der Waals surface area contributed by atoms with Crippen molar-refractivity contribution in [3.63, 3.8) is 0 Å². The van der Waals surface area contributed by atoms with Gasteiger partial charge >= 0.3 is 6.18 Å². The number of hydrogen-bond donors (Lipinski definition) is 2. The van der Waals surface area contributed by atoms with Crippen LogP contribution >= 0.6 is 0 Å². The number of aryl methyl sites for hydroxylation is 1. The third-order valence-electron chi connectivity index (χ3n) is 2.82. The van der Waals surface area contributed by atoms with Crippen LogP contribution in [0, 0.1) is 0 Å². The Bertz CT molecular complexity index is 578. The van der Waals surface area contributed by atoms with Crippen molar-refractivity contribution in [1.82, 2.24) is 20.5 Å². The van der Waals surface area contributed by atoms with E-state index in [-0.39, 0.29) is 5.56 Å². The molecule has 21 heavy (non-hydrogen) atoms. The number of benzene rings is 1. The van der Waals surface area contributed by atoms with E-state index >= 15 is 0 Å². The number of nitrogens with zero attached hydrogens (tertiary/aromatic N) is 2. The van der Waals surface area contributed by atoms with Crippen LogP contribution in [0.15, 0.2) is 30.6 Å². The van der Waals surface area contributed by atoms with Crippen molar-refractivity contribution in [2.24, 2.45) is 0 Å². The first-order chi connectivity index (χ1) is 9.97. The summed E-state index contributed by atoms with van der Waals surface area (Å²) in [5, 5.41) is 9.03. The molecule has 5 nitrogen and oxygen atoms in total. The minimum atomic E-state index is -4.40. The molecule has 112 valence electrons. The third-order valence-corrected chi connectivity index (χ3v) is 2.82. The van der Waals surface area contributed by atoms with Crippen LogP contribution in [0.25, 0.3) is 0 Å². The van der Waals surface area contributed by atoms with Crippen LogP contribution in [-0.2, 0) is 12.6 Å². The van der Waals surface area contributed by atoms with Crippen LogP contribution in [0.1, 0.15) is 28.2 Å². The Morgan fingerprint density at radius 2 is 1.95 bits per heavy atom. The molecule has 0 spiro atoms. The summed E-state index contributed by atoms with van der Waals surface area (Å²) in [5.74, 6) is 0.320. The molecule has 1 aromatic heterocycles. The summed E-state index contributed by atoms with van der Waals surface area (Å²) in [6.07, 6.45) is -1.71. The Balaban J connectivity index is 1.80. The molecule has 0 aliphatic rings. The molecule has 0 radical (unpaired) electrons. The zero-order valence-corrected chi connectivity index (χ0v) is 10.9. The first-order valence-electron chi connectivity index (χ1n) is 6.26. The maximum atomic E-state index is 12.4. The molecular weight excluding hydrogens is 285 g/mol. The normalized spacial score (nSPS) is 11.4. The molecular formula is C13H13F3N4O. The third kappa shape index (κ3) is 4.30. The molecule has 8 heteroatoms. The molecule has 2 N–H and O–H groups in total. The van der Waals surface area contributed by atoms with E-state index in [2.05, 4.69) is 20.5 Å². The van der Waals surface area contributed by atoms with E-state index < -0.39 is 17.6 Å². The van der Waals surface area contributed by atoms with Gasteiger partial charge in [0.25, 0.3) is 5.91 Å². The van der Waals surface area contributed by atoms with Gasteiger partial charge in [-0.25, -0.2) is 4.98 Å². The van der Waals surface area contributed by atoms with Crippen molar-refractivity contribution >= 4 is 5.91 Å². The molecule has 0 atom stereocenters. The Hall–Kier alpha value is -2.38. The fourth-order valence-corrected chi connectivity index (χ4v) is 1.72. The summed E-state index contributed by atoms with van der Waals surface area (Å²) < 4.78 is 37.2. The number of alkyl halides is 3. The van der Waals surface area contributed by atoms with Crippen LogP contribution < -0.4 is 5.32 Å². The first-order valence-corrected chi connectivity index (χ1v) is 6.26. The summed E-state index contributed by atoms with van der Waals surface area (Å²) in [6.45, 7) is 0.403. The van der Waals surface area contributed by atoms with Crippen molar-refractivity contribution < 1.29 is 18.0 Å². The van der Waals surface area contributed by atoms with E-state index in [1.54, 1.807) is 0 Å². The van der Waals surface area contributed by atoms with Gasteiger partial charge < -0.3 is 5.32 Å². The lowest BCUT2D eigenvalue weighted by Gasteiger charge is -2.08. The predicted molar refractivity (Wildman–Crippen MR) is 68.5 cm³/mol. The van der Waals surface area contributed by atoms with Crippen LogP contribution in [0.2, 0.25) is 0 Å². The van der Waals surface area contributed by atoms with Crippen molar-refractivity contribution in [3.8, 4) is 0 Å². The minimum Gasteiger partial charge on any atom is -0.352 e. The summed E-state index contributed by atoms with van der Waals surface area (Å²) in [5.41, 5.74) is -0.577. The molecule has 1 amide bonds. The van der Waals surface area contributed by atoms with Gasteiger partial charge in [-0.15, -0.1) is 0 Å². The maximum absolute atomic E-state index is 12.4. The lowest BCUT2D eigenvalue weighted by Crippen LogP contribution is -2.25. The van der Waals surface area contributed by atoms with Crippen LogP contribution in [0.3, 0.4) is 0 Å². The number of aromatic amines is 1. The zero-order valence-electron chi connectivity index (χ0n) is 10.9. The Morgan fingerprint density at radius 1 is 1.24 bits per heavy atom. The summed E-state index contributed by atoms with van der Waals surface area (Å²) in [4.78, 5) is 15.7. The smallest absolute Gasteiger partial charge is 0.352 e. The van der Waals surface area contributed by atoms with Gasteiger partial charge in [-0.2, -0.15) is 18.3 Å². The van der Waals surface area contributed by atoms with Crippen LogP contribution in [-0.4, -0.2) is 27.6 Å². The number of carbonyl (C=O) groups excluding carboxylic acids is 1. The van der Waals surface area contributed by atoms with Gasteiger partial charge in [0.1, 0.15) is 12.2 Å².